The number of thiophene rings is 1. The summed E-state index contributed by atoms with van der Waals surface area (Å²) in [6, 6.07) is 9.62. The first-order valence-corrected chi connectivity index (χ1v) is 4.50. The lowest BCUT2D eigenvalue weighted by Gasteiger charge is -1.84. The van der Waals surface area contributed by atoms with Gasteiger partial charge in [-0.3, -0.25) is 5.11 Å². The minimum absolute atomic E-state index is 0.503. The molecule has 0 aliphatic carbocycles. The molecular weight excluding hydrogens is 182 g/mol. The number of fused-ring (bicyclic) bond motifs is 1. The predicted octanol–water partition coefficient (Wildman–Crippen LogP) is 1.51. The Labute approximate surface area is 78.7 Å². The Balaban J connectivity index is 2.91. The highest BCUT2D eigenvalue weighted by Gasteiger charge is 2.12. The summed E-state index contributed by atoms with van der Waals surface area (Å²) in [5.74, 6) is 0. The molecule has 0 bridgehead atoms. The van der Waals surface area contributed by atoms with Crippen LogP contribution in [-0.2, 0) is 0 Å². The number of hydrogen-bond acceptors (Lipinski definition) is 2. The average Bonchev–Trinajstić information content (AvgIpc) is 2.55. The second-order valence-corrected chi connectivity index (χ2v) is 3.58. The van der Waals surface area contributed by atoms with Gasteiger partial charge < -0.3 is 5.53 Å². The molecule has 0 aliphatic rings. The molecule has 1 heterocycles. The van der Waals surface area contributed by atoms with Crippen molar-refractivity contribution in [2.45, 2.75) is 0 Å². The third-order valence-corrected chi connectivity index (χ3v) is 2.88. The maximum absolute atomic E-state index is 8.84. The van der Waals surface area contributed by atoms with Gasteiger partial charge in [-0.1, -0.05) is 29.5 Å². The molecule has 4 heteroatoms. The average molecular weight is 187 g/mol. The predicted molar refractivity (Wildman–Crippen MR) is 50.5 cm³/mol. The molecule has 0 unspecified atom stereocenters. The van der Waals surface area contributed by atoms with E-state index in [2.05, 4.69) is 6.07 Å². The van der Waals surface area contributed by atoms with Crippen LogP contribution in [0.25, 0.3) is 15.6 Å². The first-order chi connectivity index (χ1) is 6.36. The van der Waals surface area contributed by atoms with Crippen LogP contribution in [0.1, 0.15) is 5.56 Å². The number of benzene rings is 1. The molecule has 0 radical (unpaired) electrons. The topological polar surface area (TPSA) is 60.1 Å². The van der Waals surface area contributed by atoms with Gasteiger partial charge in [-0.25, -0.2) is 0 Å². The summed E-state index contributed by atoms with van der Waals surface area (Å²) >= 11 is 1.36. The van der Waals surface area contributed by atoms with E-state index in [0.717, 1.165) is 10.1 Å². The highest BCUT2D eigenvalue weighted by Crippen LogP contribution is 2.31. The van der Waals surface area contributed by atoms with Crippen LogP contribution < -0.4 is 5.11 Å². The highest BCUT2D eigenvalue weighted by atomic mass is 32.1. The fraction of sp³-hybridized carbons (Fsp3) is 0. The minimum Gasteiger partial charge on any atom is -0.501 e. The van der Waals surface area contributed by atoms with Gasteiger partial charge in [0.15, 0.2) is 0 Å². The van der Waals surface area contributed by atoms with E-state index < -0.39 is 0 Å². The van der Waals surface area contributed by atoms with E-state index in [0.29, 0.717) is 10.6 Å². The summed E-state index contributed by atoms with van der Waals surface area (Å²) in [6.07, 6.45) is 0. The Morgan fingerprint density at radius 3 is 2.85 bits per heavy atom. The van der Waals surface area contributed by atoms with Gasteiger partial charge in [-0.05, 0) is 6.07 Å². The van der Waals surface area contributed by atoms with Crippen molar-refractivity contribution < 1.29 is 5.11 Å². The fourth-order valence-electron chi connectivity index (χ4n) is 1.24. The minimum atomic E-state index is 0.503. The molecule has 0 fully saturated rings. The number of hydrogen-bond donors (Lipinski definition) is 1. The van der Waals surface area contributed by atoms with E-state index in [1.165, 1.54) is 11.3 Å². The van der Waals surface area contributed by atoms with Crippen LogP contribution in [0.2, 0.25) is 0 Å². The normalized spacial score (nSPS) is 9.77. The molecule has 13 heavy (non-hydrogen) atoms. The molecule has 0 saturated heterocycles. The zero-order valence-electron chi connectivity index (χ0n) is 6.61. The summed E-state index contributed by atoms with van der Waals surface area (Å²) in [7, 11) is 0. The third kappa shape index (κ3) is 1.10. The van der Waals surface area contributed by atoms with Gasteiger partial charge in [0, 0.05) is 10.1 Å². The van der Waals surface area contributed by atoms with Crippen LogP contribution in [0.4, 0.5) is 5.00 Å². The molecular formula is C9H5N3S. The number of nitrogens with zero attached hydrogens (tertiary/aromatic N) is 2. The Kier molecular flexibility index (Phi) is 1.80. The van der Waals surface area contributed by atoms with Crippen LogP contribution in [0, 0.1) is 11.3 Å². The van der Waals surface area contributed by atoms with Crippen LogP contribution in [0.5, 0.6) is 0 Å². The van der Waals surface area contributed by atoms with E-state index in [9.17, 15) is 0 Å². The molecule has 0 aliphatic heterocycles. The van der Waals surface area contributed by atoms with Gasteiger partial charge in [0.05, 0.1) is 0 Å². The molecule has 1 aromatic heterocycles. The van der Waals surface area contributed by atoms with Crippen LogP contribution in [0.3, 0.4) is 0 Å². The lowest BCUT2D eigenvalue weighted by molar-refractivity contribution is -0.374. The standard InChI is InChI=1S/C9H5N3S/c10-5-7-6-3-1-2-4-8(6)13-9(7)12-11/h1-4,12H. The smallest absolute Gasteiger partial charge is 0.268 e. The van der Waals surface area contributed by atoms with Gasteiger partial charge in [-0.2, -0.15) is 5.26 Å². The Bertz CT molecular complexity index is 507. The number of nitrogens with one attached hydrogen (secondary N) is 1. The summed E-state index contributed by atoms with van der Waals surface area (Å²) in [6.45, 7) is 0. The van der Waals surface area contributed by atoms with Crippen molar-refractivity contribution in [3.8, 4) is 6.07 Å². The van der Waals surface area contributed by atoms with E-state index in [4.69, 9.17) is 10.8 Å². The van der Waals surface area contributed by atoms with Crippen LogP contribution in [0.15, 0.2) is 24.3 Å². The van der Waals surface area contributed by atoms with Gasteiger partial charge in [0.2, 0.25) is 0 Å². The molecule has 3 nitrogen and oxygen atoms in total. The lowest BCUT2D eigenvalue weighted by Crippen LogP contribution is -2.54. The lowest BCUT2D eigenvalue weighted by atomic mass is 10.2. The molecule has 0 saturated carbocycles. The molecule has 1 aromatic carbocycles. The maximum Gasteiger partial charge on any atom is 0.268 e. The summed E-state index contributed by atoms with van der Waals surface area (Å²) in [5.41, 5.74) is 9.26. The second kappa shape index (κ2) is 2.96. The van der Waals surface area contributed by atoms with Gasteiger partial charge in [-0.15, -0.1) is 0 Å². The third-order valence-electron chi connectivity index (χ3n) is 1.81. The van der Waals surface area contributed by atoms with E-state index in [1.807, 2.05) is 29.4 Å². The SMILES string of the molecule is N#Cc1c([NH+]=[N-])sc2ccccc12. The molecule has 2 aromatic rings. The molecule has 0 atom stereocenters. The summed E-state index contributed by atoms with van der Waals surface area (Å²) < 4.78 is 0.996. The second-order valence-electron chi connectivity index (χ2n) is 2.53. The quantitative estimate of drug-likeness (QED) is 0.676. The molecule has 1 N–H and O–H groups in total. The van der Waals surface area contributed by atoms with Crippen molar-refractivity contribution in [2.75, 3.05) is 0 Å². The molecule has 62 valence electrons. The van der Waals surface area contributed by atoms with Gasteiger partial charge in [0.25, 0.3) is 5.00 Å². The Morgan fingerprint density at radius 2 is 2.15 bits per heavy atom. The highest BCUT2D eigenvalue weighted by molar-refractivity contribution is 7.22. The number of rotatable bonds is 1. The first-order valence-electron chi connectivity index (χ1n) is 3.68. The van der Waals surface area contributed by atoms with Crippen molar-refractivity contribution >= 4 is 26.4 Å². The summed E-state index contributed by atoms with van der Waals surface area (Å²) in [5, 5.41) is 12.3. The van der Waals surface area contributed by atoms with Crippen molar-refractivity contribution in [3.63, 3.8) is 0 Å². The largest absolute Gasteiger partial charge is 0.501 e. The zero-order valence-corrected chi connectivity index (χ0v) is 7.43. The number of nitriles is 1. The monoisotopic (exact) mass is 187 g/mol. The van der Waals surface area contributed by atoms with Crippen molar-refractivity contribution in [1.29, 1.82) is 5.26 Å². The molecule has 0 amide bonds. The zero-order chi connectivity index (χ0) is 9.26. The van der Waals surface area contributed by atoms with E-state index in [1.54, 1.807) is 0 Å². The fourth-order valence-corrected chi connectivity index (χ4v) is 2.19. The van der Waals surface area contributed by atoms with Crippen molar-refractivity contribution in [1.82, 2.24) is 0 Å². The van der Waals surface area contributed by atoms with Crippen molar-refractivity contribution in [2.24, 2.45) is 0 Å². The Morgan fingerprint density at radius 1 is 1.38 bits per heavy atom. The van der Waals surface area contributed by atoms with Crippen LogP contribution >= 0.6 is 11.3 Å². The molecule has 2 rings (SSSR count). The van der Waals surface area contributed by atoms with E-state index >= 15 is 0 Å². The van der Waals surface area contributed by atoms with Gasteiger partial charge in [0.1, 0.15) is 11.6 Å². The van der Waals surface area contributed by atoms with Crippen molar-refractivity contribution in [3.05, 3.63) is 35.4 Å². The maximum atomic E-state index is 8.84. The summed E-state index contributed by atoms with van der Waals surface area (Å²) in [4.78, 5) is 0. The van der Waals surface area contributed by atoms with Crippen LogP contribution in [-0.4, -0.2) is 0 Å². The van der Waals surface area contributed by atoms with E-state index in [-0.39, 0.29) is 0 Å². The Hall–Kier alpha value is -1.73. The van der Waals surface area contributed by atoms with Gasteiger partial charge >= 0.3 is 0 Å². The first kappa shape index (κ1) is 7.90. The molecule has 0 spiro atoms.